The molecule has 0 radical (unpaired) electrons. The lowest BCUT2D eigenvalue weighted by molar-refractivity contribution is -0.116. The molecule has 0 aliphatic carbocycles. The fourth-order valence-electron chi connectivity index (χ4n) is 3.86. The molecule has 0 bridgehead atoms. The molecule has 7 heteroatoms. The fraction of sp³-hybridized carbons (Fsp3) is 0.588. The summed E-state index contributed by atoms with van der Waals surface area (Å²) in [4.78, 5) is 14.0. The van der Waals surface area contributed by atoms with Gasteiger partial charge in [-0.3, -0.25) is 4.79 Å². The van der Waals surface area contributed by atoms with Crippen LogP contribution in [0.3, 0.4) is 0 Å². The SMILES string of the molecule is CC(=O)N1c2c(cc(Br)cc2S(=O)(=O)N2CCC[C@H](C)C2)C[C@H]1C. The van der Waals surface area contributed by atoms with Gasteiger partial charge in [-0.25, -0.2) is 8.42 Å². The van der Waals surface area contributed by atoms with Gasteiger partial charge in [0.25, 0.3) is 0 Å². The standard InChI is InChI=1S/C17H23BrN2O3S/c1-11-5-4-6-19(10-11)24(22,23)16-9-15(18)8-14-7-12(2)20(13(3)21)17(14)16/h8-9,11-12H,4-7,10H2,1-3H3/t11-,12+/m0/s1. The highest BCUT2D eigenvalue weighted by molar-refractivity contribution is 9.10. The van der Waals surface area contributed by atoms with Gasteiger partial charge in [-0.15, -0.1) is 0 Å². The van der Waals surface area contributed by atoms with Crippen LogP contribution in [0.25, 0.3) is 0 Å². The predicted molar refractivity (Wildman–Crippen MR) is 97.6 cm³/mol. The summed E-state index contributed by atoms with van der Waals surface area (Å²) in [5.41, 5.74) is 1.48. The van der Waals surface area contributed by atoms with Crippen molar-refractivity contribution in [1.82, 2.24) is 4.31 Å². The first-order valence-electron chi connectivity index (χ1n) is 8.34. The first-order chi connectivity index (χ1) is 11.2. The summed E-state index contributed by atoms with van der Waals surface area (Å²) in [6, 6.07) is 3.54. The minimum Gasteiger partial charge on any atom is -0.308 e. The third kappa shape index (κ3) is 3.02. The predicted octanol–water partition coefficient (Wildman–Crippen LogP) is 3.17. The Morgan fingerprint density at radius 3 is 2.62 bits per heavy atom. The fourth-order valence-corrected chi connectivity index (χ4v) is 6.36. The lowest BCUT2D eigenvalue weighted by Gasteiger charge is -2.31. The number of hydrogen-bond donors (Lipinski definition) is 0. The zero-order valence-electron chi connectivity index (χ0n) is 14.3. The Labute approximate surface area is 152 Å². The molecule has 0 aromatic heterocycles. The first-order valence-corrected chi connectivity index (χ1v) is 10.6. The summed E-state index contributed by atoms with van der Waals surface area (Å²) in [5, 5.41) is 0. The summed E-state index contributed by atoms with van der Waals surface area (Å²) in [5.74, 6) is 0.239. The smallest absolute Gasteiger partial charge is 0.245 e. The molecular weight excluding hydrogens is 392 g/mol. The van der Waals surface area contributed by atoms with E-state index in [-0.39, 0.29) is 16.8 Å². The molecule has 0 spiro atoms. The Kier molecular flexibility index (Phi) is 4.79. The lowest BCUT2D eigenvalue weighted by Crippen LogP contribution is -2.40. The van der Waals surface area contributed by atoms with Crippen molar-refractivity contribution >= 4 is 37.5 Å². The lowest BCUT2D eigenvalue weighted by atomic mass is 10.0. The second kappa shape index (κ2) is 6.42. The van der Waals surface area contributed by atoms with Crippen LogP contribution < -0.4 is 4.90 Å². The average Bonchev–Trinajstić information content (AvgIpc) is 2.81. The van der Waals surface area contributed by atoms with Gasteiger partial charge in [0.2, 0.25) is 15.9 Å². The van der Waals surface area contributed by atoms with Gasteiger partial charge in [-0.1, -0.05) is 22.9 Å². The van der Waals surface area contributed by atoms with Crippen LogP contribution in [-0.2, 0) is 21.2 Å². The molecule has 0 N–H and O–H groups in total. The number of anilines is 1. The summed E-state index contributed by atoms with van der Waals surface area (Å²) in [6.45, 7) is 6.61. The highest BCUT2D eigenvalue weighted by atomic mass is 79.9. The number of carbonyl (C=O) groups is 1. The molecule has 1 saturated heterocycles. The van der Waals surface area contributed by atoms with Crippen LogP contribution in [0, 0.1) is 5.92 Å². The molecule has 2 aliphatic rings. The minimum atomic E-state index is -3.62. The maximum atomic E-state index is 13.3. The van der Waals surface area contributed by atoms with Gasteiger partial charge in [0.1, 0.15) is 4.90 Å². The maximum absolute atomic E-state index is 13.3. The highest BCUT2D eigenvalue weighted by Gasteiger charge is 2.38. The molecule has 2 heterocycles. The number of piperidine rings is 1. The van der Waals surface area contributed by atoms with Crippen molar-refractivity contribution in [3.8, 4) is 0 Å². The van der Waals surface area contributed by atoms with Crippen LogP contribution in [0.4, 0.5) is 5.69 Å². The molecule has 3 rings (SSSR count). The maximum Gasteiger partial charge on any atom is 0.245 e. The van der Waals surface area contributed by atoms with E-state index in [2.05, 4.69) is 22.9 Å². The second-order valence-corrected chi connectivity index (χ2v) is 9.79. The molecule has 24 heavy (non-hydrogen) atoms. The Hall–Kier alpha value is -0.920. The molecule has 1 aromatic carbocycles. The van der Waals surface area contributed by atoms with Crippen molar-refractivity contribution in [3.63, 3.8) is 0 Å². The van der Waals surface area contributed by atoms with E-state index in [1.165, 1.54) is 6.92 Å². The summed E-state index contributed by atoms with van der Waals surface area (Å²) < 4.78 is 28.9. The number of sulfonamides is 1. The highest BCUT2D eigenvalue weighted by Crippen LogP contribution is 2.41. The number of nitrogens with zero attached hydrogens (tertiary/aromatic N) is 2. The van der Waals surface area contributed by atoms with Crippen molar-refractivity contribution in [2.24, 2.45) is 5.92 Å². The summed E-state index contributed by atoms with van der Waals surface area (Å²) >= 11 is 3.43. The van der Waals surface area contributed by atoms with Crippen LogP contribution >= 0.6 is 15.9 Å². The zero-order valence-corrected chi connectivity index (χ0v) is 16.7. The second-order valence-electron chi connectivity index (χ2n) is 6.96. The van der Waals surface area contributed by atoms with Gasteiger partial charge in [-0.05, 0) is 49.8 Å². The first kappa shape index (κ1) is 17.9. The summed E-state index contributed by atoms with van der Waals surface area (Å²) in [6.07, 6.45) is 2.61. The monoisotopic (exact) mass is 414 g/mol. The van der Waals surface area contributed by atoms with Crippen molar-refractivity contribution in [2.45, 2.75) is 51.0 Å². The van der Waals surface area contributed by atoms with Gasteiger partial charge in [0.15, 0.2) is 0 Å². The van der Waals surface area contributed by atoms with Crippen LogP contribution in [-0.4, -0.2) is 37.8 Å². The van der Waals surface area contributed by atoms with Gasteiger partial charge >= 0.3 is 0 Å². The molecule has 2 aliphatic heterocycles. The van der Waals surface area contributed by atoms with Crippen LogP contribution in [0.5, 0.6) is 0 Å². The van der Waals surface area contributed by atoms with E-state index < -0.39 is 10.0 Å². The van der Waals surface area contributed by atoms with Gasteiger partial charge in [-0.2, -0.15) is 4.31 Å². The Balaban J connectivity index is 2.13. The number of benzene rings is 1. The van der Waals surface area contributed by atoms with Crippen molar-refractivity contribution in [1.29, 1.82) is 0 Å². The van der Waals surface area contributed by atoms with Crippen LogP contribution in [0.2, 0.25) is 0 Å². The number of hydrogen-bond acceptors (Lipinski definition) is 3. The molecule has 0 saturated carbocycles. The Morgan fingerprint density at radius 1 is 1.29 bits per heavy atom. The number of carbonyl (C=O) groups excluding carboxylic acids is 1. The van der Waals surface area contributed by atoms with E-state index in [1.807, 2.05) is 13.0 Å². The van der Waals surface area contributed by atoms with E-state index in [0.29, 0.717) is 31.1 Å². The van der Waals surface area contributed by atoms with Crippen molar-refractivity contribution in [2.75, 3.05) is 18.0 Å². The molecule has 132 valence electrons. The summed E-state index contributed by atoms with van der Waals surface area (Å²) in [7, 11) is -3.62. The third-order valence-corrected chi connectivity index (χ3v) is 7.23. The van der Waals surface area contributed by atoms with Gasteiger partial charge in [0.05, 0.1) is 5.69 Å². The molecule has 1 aromatic rings. The third-order valence-electron chi connectivity index (χ3n) is 4.89. The van der Waals surface area contributed by atoms with Gasteiger partial charge < -0.3 is 4.90 Å². The van der Waals surface area contributed by atoms with E-state index >= 15 is 0 Å². The minimum absolute atomic E-state index is 0.0268. The van der Waals surface area contributed by atoms with Crippen LogP contribution in [0.1, 0.15) is 39.2 Å². The molecule has 2 atom stereocenters. The number of rotatable bonds is 2. The van der Waals surface area contributed by atoms with Crippen molar-refractivity contribution in [3.05, 3.63) is 22.2 Å². The largest absolute Gasteiger partial charge is 0.308 e. The van der Waals surface area contributed by atoms with Crippen LogP contribution in [0.15, 0.2) is 21.5 Å². The number of amides is 1. The average molecular weight is 415 g/mol. The normalized spacial score (nSPS) is 24.9. The van der Waals surface area contributed by atoms with Gasteiger partial charge in [0, 0.05) is 30.5 Å². The van der Waals surface area contributed by atoms with E-state index in [1.54, 1.807) is 15.3 Å². The van der Waals surface area contributed by atoms with E-state index in [9.17, 15) is 13.2 Å². The quantitative estimate of drug-likeness (QED) is 0.746. The van der Waals surface area contributed by atoms with Crippen molar-refractivity contribution < 1.29 is 13.2 Å². The Bertz CT molecular complexity index is 778. The zero-order chi connectivity index (χ0) is 17.6. The number of fused-ring (bicyclic) bond motifs is 1. The molecule has 0 unspecified atom stereocenters. The Morgan fingerprint density at radius 2 is 2.00 bits per heavy atom. The molecule has 1 amide bonds. The number of halogens is 1. The van der Waals surface area contributed by atoms with E-state index in [0.717, 1.165) is 22.9 Å². The molecule has 1 fully saturated rings. The van der Waals surface area contributed by atoms with E-state index in [4.69, 9.17) is 0 Å². The molecular formula is C17H23BrN2O3S. The topological polar surface area (TPSA) is 57.7 Å². The molecule has 5 nitrogen and oxygen atoms in total.